The van der Waals surface area contributed by atoms with Gasteiger partial charge in [-0.15, -0.1) is 0 Å². The molecule has 4 atom stereocenters. The number of aliphatic carboxylic acids is 1. The van der Waals surface area contributed by atoms with Crippen molar-refractivity contribution in [2.75, 3.05) is 13.1 Å². The van der Waals surface area contributed by atoms with E-state index in [2.05, 4.69) is 31.2 Å². The number of rotatable bonds is 16. The number of aliphatic imine (C=N–C) groups is 1. The van der Waals surface area contributed by atoms with Gasteiger partial charge in [0.1, 0.15) is 18.1 Å². The Morgan fingerprint density at radius 1 is 0.976 bits per heavy atom. The van der Waals surface area contributed by atoms with Crippen molar-refractivity contribution in [2.24, 2.45) is 22.2 Å². The predicted octanol–water partition coefficient (Wildman–Crippen LogP) is -1.68. The van der Waals surface area contributed by atoms with E-state index in [1.54, 1.807) is 6.20 Å². The average molecular weight is 586 g/mol. The van der Waals surface area contributed by atoms with Crippen LogP contribution in [-0.4, -0.2) is 82.9 Å². The average Bonchev–Trinajstić information content (AvgIpc) is 3.62. The first-order valence-electron chi connectivity index (χ1n) is 13.8. The minimum absolute atomic E-state index is 0.0165. The van der Waals surface area contributed by atoms with Gasteiger partial charge < -0.3 is 48.6 Å². The summed E-state index contributed by atoms with van der Waals surface area (Å²) < 4.78 is 0. The number of amides is 4. The maximum Gasteiger partial charge on any atom is 0.326 e. The first kappa shape index (κ1) is 31.9. The minimum Gasteiger partial charge on any atom is -0.480 e. The van der Waals surface area contributed by atoms with E-state index in [0.717, 1.165) is 17.3 Å². The number of carboxylic acid groups (broad SMARTS) is 1. The summed E-state index contributed by atoms with van der Waals surface area (Å²) in [5.74, 6) is -3.91. The monoisotopic (exact) mass is 585 g/mol. The minimum atomic E-state index is -1.41. The first-order chi connectivity index (χ1) is 20.0. The van der Waals surface area contributed by atoms with Crippen LogP contribution in [0.2, 0.25) is 0 Å². The van der Waals surface area contributed by atoms with Gasteiger partial charge in [-0.3, -0.25) is 24.2 Å². The lowest BCUT2D eigenvalue weighted by molar-refractivity contribution is -0.142. The second-order valence-corrected chi connectivity index (χ2v) is 10.2. The van der Waals surface area contributed by atoms with Crippen LogP contribution in [0.1, 0.15) is 44.1 Å². The van der Waals surface area contributed by atoms with Crippen molar-refractivity contribution in [1.82, 2.24) is 26.3 Å². The van der Waals surface area contributed by atoms with Gasteiger partial charge in [0.2, 0.25) is 23.6 Å². The van der Waals surface area contributed by atoms with E-state index in [4.69, 9.17) is 17.2 Å². The molecule has 4 amide bonds. The standard InChI is InChI=1S/C27H39N9O6/c28-22(37)10-9-20(26(41)42)35-25(40)21(13-15-14-33-17-6-2-1-5-16(15)17)36-24(39)19(8-4-12-32-27(29)30)34-23(38)18-7-3-11-31-18/h1-2,5-6,14,18-21,31,33H,3-4,7-13H2,(H2,28,37)(H,34,38)(H,35,40)(H,36,39)(H,41,42)(H4,29,30,32). The fourth-order valence-corrected chi connectivity index (χ4v) is 4.77. The Morgan fingerprint density at radius 2 is 1.69 bits per heavy atom. The summed E-state index contributed by atoms with van der Waals surface area (Å²) in [6.07, 6.45) is 3.24. The maximum atomic E-state index is 13.6. The third-order valence-electron chi connectivity index (χ3n) is 6.98. The van der Waals surface area contributed by atoms with Crippen LogP contribution in [0.15, 0.2) is 35.5 Å². The summed E-state index contributed by atoms with van der Waals surface area (Å²) in [5.41, 5.74) is 17.5. The SMILES string of the molecule is NC(=O)CCC(NC(=O)C(Cc1c[nH]c2ccccc12)NC(=O)C(CCCN=C(N)N)NC(=O)C1CCCN1)C(=O)O. The van der Waals surface area contributed by atoms with Crippen LogP contribution in [-0.2, 0) is 30.4 Å². The molecule has 228 valence electrons. The van der Waals surface area contributed by atoms with Crippen LogP contribution in [0, 0.1) is 0 Å². The molecule has 4 unspecified atom stereocenters. The number of nitrogens with zero attached hydrogens (tertiary/aromatic N) is 1. The Labute approximate surface area is 242 Å². The Morgan fingerprint density at radius 3 is 2.36 bits per heavy atom. The molecule has 3 rings (SSSR count). The molecule has 0 aliphatic carbocycles. The molecule has 12 N–H and O–H groups in total. The molecule has 1 fully saturated rings. The molecule has 15 heteroatoms. The first-order valence-corrected chi connectivity index (χ1v) is 13.8. The van der Waals surface area contributed by atoms with Crippen molar-refractivity contribution in [3.63, 3.8) is 0 Å². The van der Waals surface area contributed by atoms with E-state index in [1.165, 1.54) is 0 Å². The molecule has 2 heterocycles. The van der Waals surface area contributed by atoms with Crippen molar-refractivity contribution in [3.05, 3.63) is 36.0 Å². The fraction of sp³-hybridized carbons (Fsp3) is 0.481. The quantitative estimate of drug-likeness (QED) is 0.0618. The molecule has 1 aromatic heterocycles. The van der Waals surface area contributed by atoms with Crippen LogP contribution >= 0.6 is 0 Å². The van der Waals surface area contributed by atoms with Gasteiger partial charge in [-0.05, 0) is 50.3 Å². The van der Waals surface area contributed by atoms with Crippen LogP contribution in [0.5, 0.6) is 0 Å². The molecule has 15 nitrogen and oxygen atoms in total. The zero-order chi connectivity index (χ0) is 30.6. The van der Waals surface area contributed by atoms with E-state index >= 15 is 0 Å². The molecule has 1 aliphatic rings. The van der Waals surface area contributed by atoms with Crippen molar-refractivity contribution < 1.29 is 29.1 Å². The molecule has 0 radical (unpaired) electrons. The number of carboxylic acids is 1. The number of hydrogen-bond acceptors (Lipinski definition) is 7. The molecule has 2 aromatic rings. The van der Waals surface area contributed by atoms with Gasteiger partial charge in [-0.2, -0.15) is 0 Å². The summed E-state index contributed by atoms with van der Waals surface area (Å²) in [7, 11) is 0. The Hall–Kier alpha value is -4.66. The topological polar surface area (TPSA) is 260 Å². The molecule has 1 aliphatic heterocycles. The van der Waals surface area contributed by atoms with E-state index in [1.807, 2.05) is 24.3 Å². The second-order valence-electron chi connectivity index (χ2n) is 10.2. The van der Waals surface area contributed by atoms with E-state index in [0.29, 0.717) is 24.9 Å². The largest absolute Gasteiger partial charge is 0.480 e. The second kappa shape index (κ2) is 15.4. The number of para-hydroxylation sites is 1. The van der Waals surface area contributed by atoms with Crippen LogP contribution in [0.4, 0.5) is 0 Å². The summed E-state index contributed by atoms with van der Waals surface area (Å²) in [5, 5.41) is 21.4. The molecular weight excluding hydrogens is 546 g/mol. The lowest BCUT2D eigenvalue weighted by Crippen LogP contribution is -2.57. The summed E-state index contributed by atoms with van der Waals surface area (Å²) in [6, 6.07) is 3.31. The number of carbonyl (C=O) groups is 5. The summed E-state index contributed by atoms with van der Waals surface area (Å²) >= 11 is 0. The molecule has 0 saturated carbocycles. The van der Waals surface area contributed by atoms with Gasteiger partial charge in [0.05, 0.1) is 6.04 Å². The maximum absolute atomic E-state index is 13.6. The number of carbonyl (C=O) groups excluding carboxylic acids is 4. The Kier molecular flexibility index (Phi) is 11.7. The summed E-state index contributed by atoms with van der Waals surface area (Å²) in [4.78, 5) is 69.9. The van der Waals surface area contributed by atoms with Crippen molar-refractivity contribution in [3.8, 4) is 0 Å². The van der Waals surface area contributed by atoms with E-state index < -0.39 is 47.9 Å². The van der Waals surface area contributed by atoms with Gasteiger partial charge in [-0.25, -0.2) is 4.79 Å². The van der Waals surface area contributed by atoms with Crippen molar-refractivity contribution in [1.29, 1.82) is 0 Å². The van der Waals surface area contributed by atoms with E-state index in [-0.39, 0.29) is 44.1 Å². The molecule has 42 heavy (non-hydrogen) atoms. The summed E-state index contributed by atoms with van der Waals surface area (Å²) in [6.45, 7) is 0.913. The van der Waals surface area contributed by atoms with Gasteiger partial charge in [0.15, 0.2) is 5.96 Å². The number of hydrogen-bond donors (Lipinski definition) is 9. The highest BCUT2D eigenvalue weighted by molar-refractivity contribution is 5.95. The number of primary amides is 1. The highest BCUT2D eigenvalue weighted by Gasteiger charge is 2.32. The van der Waals surface area contributed by atoms with Gasteiger partial charge >= 0.3 is 5.97 Å². The Balaban J connectivity index is 1.83. The number of aromatic nitrogens is 1. The molecule has 1 aromatic carbocycles. The third kappa shape index (κ3) is 9.47. The smallest absolute Gasteiger partial charge is 0.326 e. The highest BCUT2D eigenvalue weighted by atomic mass is 16.4. The molecule has 0 bridgehead atoms. The van der Waals surface area contributed by atoms with E-state index in [9.17, 15) is 29.1 Å². The fourth-order valence-electron chi connectivity index (χ4n) is 4.77. The van der Waals surface area contributed by atoms with Crippen LogP contribution < -0.4 is 38.5 Å². The number of guanidine groups is 1. The number of nitrogens with one attached hydrogen (secondary N) is 5. The van der Waals surface area contributed by atoms with Crippen LogP contribution in [0.25, 0.3) is 10.9 Å². The van der Waals surface area contributed by atoms with Gasteiger partial charge in [0, 0.05) is 36.5 Å². The lowest BCUT2D eigenvalue weighted by Gasteiger charge is -2.25. The van der Waals surface area contributed by atoms with Gasteiger partial charge in [0.25, 0.3) is 0 Å². The zero-order valence-corrected chi connectivity index (χ0v) is 23.2. The number of fused-ring (bicyclic) bond motifs is 1. The third-order valence-corrected chi connectivity index (χ3v) is 6.98. The van der Waals surface area contributed by atoms with Crippen molar-refractivity contribution >= 4 is 46.5 Å². The number of H-pyrrole nitrogens is 1. The van der Waals surface area contributed by atoms with Crippen LogP contribution in [0.3, 0.4) is 0 Å². The Bertz CT molecular complexity index is 1300. The normalized spacial score (nSPS) is 16.6. The number of benzene rings is 1. The number of nitrogens with two attached hydrogens (primary N) is 3. The van der Waals surface area contributed by atoms with Crippen molar-refractivity contribution in [2.45, 2.75) is 69.1 Å². The zero-order valence-electron chi connectivity index (χ0n) is 23.2. The molecule has 1 saturated heterocycles. The molecule has 0 spiro atoms. The van der Waals surface area contributed by atoms with Gasteiger partial charge in [-0.1, -0.05) is 18.2 Å². The predicted molar refractivity (Wildman–Crippen MR) is 155 cm³/mol. The molecular formula is C27H39N9O6. The number of aromatic amines is 1. The lowest BCUT2D eigenvalue weighted by atomic mass is 10.0. The highest BCUT2D eigenvalue weighted by Crippen LogP contribution is 2.19.